The average Bonchev–Trinajstić information content (AvgIpc) is 3.57. The molecule has 0 bridgehead atoms. The van der Waals surface area contributed by atoms with Gasteiger partial charge in [-0.05, 0) is 58.5 Å². The van der Waals surface area contributed by atoms with Gasteiger partial charge in [-0.25, -0.2) is 22.6 Å². The molecule has 0 fully saturated rings. The van der Waals surface area contributed by atoms with Crippen molar-refractivity contribution in [1.29, 1.82) is 0 Å². The van der Waals surface area contributed by atoms with Crippen molar-refractivity contribution in [3.05, 3.63) is 77.0 Å². The molecule has 6 aromatic rings. The van der Waals surface area contributed by atoms with E-state index in [0.717, 1.165) is 27.7 Å². The van der Waals surface area contributed by atoms with Gasteiger partial charge in [0.05, 0.1) is 21.6 Å². The maximum Gasteiger partial charge on any atom is 0.328 e. The van der Waals surface area contributed by atoms with Gasteiger partial charge in [0.1, 0.15) is 17.5 Å². The normalized spacial score (nSPS) is 12.3. The van der Waals surface area contributed by atoms with Crippen LogP contribution in [0, 0.1) is 0 Å². The predicted octanol–water partition coefficient (Wildman–Crippen LogP) is 2.23. The molecule has 176 valence electrons. The van der Waals surface area contributed by atoms with Crippen LogP contribution in [-0.4, -0.2) is 37.8 Å². The van der Waals surface area contributed by atoms with Gasteiger partial charge in [-0.2, -0.15) is 0 Å². The van der Waals surface area contributed by atoms with E-state index in [0.29, 0.717) is 16.6 Å². The smallest absolute Gasteiger partial charge is 0.328 e. The lowest BCUT2D eigenvalue weighted by atomic mass is 10.1. The van der Waals surface area contributed by atoms with Crippen LogP contribution in [0.25, 0.3) is 38.7 Å². The number of nitrogens with one attached hydrogen (secondary N) is 1. The van der Waals surface area contributed by atoms with Gasteiger partial charge < -0.3 is 4.42 Å². The van der Waals surface area contributed by atoms with Gasteiger partial charge in [0, 0.05) is 37.5 Å². The second kappa shape index (κ2) is 7.61. The van der Waals surface area contributed by atoms with Crippen LogP contribution in [0.1, 0.15) is 5.56 Å². The Morgan fingerprint density at radius 1 is 0.914 bits per heavy atom. The van der Waals surface area contributed by atoms with Crippen LogP contribution in [0.2, 0.25) is 0 Å². The van der Waals surface area contributed by atoms with E-state index in [4.69, 9.17) is 4.42 Å². The van der Waals surface area contributed by atoms with Crippen LogP contribution in [0.4, 0.5) is 0 Å². The molecular weight excluding hydrogens is 470 g/mol. The predicted molar refractivity (Wildman–Crippen MR) is 129 cm³/mol. The van der Waals surface area contributed by atoms with Crippen LogP contribution in [-0.2, 0) is 30.7 Å². The summed E-state index contributed by atoms with van der Waals surface area (Å²) in [7, 11) is -0.409. The zero-order valence-electron chi connectivity index (χ0n) is 18.7. The van der Waals surface area contributed by atoms with E-state index < -0.39 is 10.0 Å². The van der Waals surface area contributed by atoms with Crippen molar-refractivity contribution < 1.29 is 12.8 Å². The molecule has 0 atom stereocenters. The van der Waals surface area contributed by atoms with Crippen LogP contribution in [0.5, 0.6) is 0 Å². The second-order valence-corrected chi connectivity index (χ2v) is 10.0. The lowest BCUT2D eigenvalue weighted by Crippen LogP contribution is -2.23. The molecule has 1 N–H and O–H groups in total. The van der Waals surface area contributed by atoms with E-state index in [2.05, 4.69) is 20.2 Å². The Morgan fingerprint density at radius 3 is 2.54 bits per heavy atom. The SMILES string of the molecule is Cn1c(=O)n(C)c2cc(CNS(=O)(=O)c3ccc4oc5cc(-n6cnnn6)ccc5c4c3)ccc21. The largest absolute Gasteiger partial charge is 0.456 e. The van der Waals surface area contributed by atoms with E-state index >= 15 is 0 Å². The first-order chi connectivity index (χ1) is 16.8. The van der Waals surface area contributed by atoms with Crippen molar-refractivity contribution in [3.8, 4) is 5.69 Å². The number of aryl methyl sites for hydroxylation is 2. The highest BCUT2D eigenvalue weighted by Gasteiger charge is 2.18. The minimum atomic E-state index is -3.80. The lowest BCUT2D eigenvalue weighted by molar-refractivity contribution is 0.581. The highest BCUT2D eigenvalue weighted by molar-refractivity contribution is 7.89. The molecule has 0 amide bonds. The molecule has 12 heteroatoms. The van der Waals surface area contributed by atoms with Gasteiger partial charge in [-0.15, -0.1) is 5.10 Å². The van der Waals surface area contributed by atoms with Crippen LogP contribution >= 0.6 is 0 Å². The first kappa shape index (κ1) is 21.3. The molecule has 3 aromatic heterocycles. The Balaban J connectivity index is 1.31. The first-order valence-electron chi connectivity index (χ1n) is 10.7. The van der Waals surface area contributed by atoms with Gasteiger partial charge in [-0.3, -0.25) is 9.13 Å². The Hall–Kier alpha value is -4.29. The molecule has 0 spiro atoms. The number of fused-ring (bicyclic) bond motifs is 4. The number of hydrogen-bond donors (Lipinski definition) is 1. The number of furan rings is 1. The summed E-state index contributed by atoms with van der Waals surface area (Å²) in [4.78, 5) is 12.3. The third-order valence-electron chi connectivity index (χ3n) is 6.15. The zero-order valence-corrected chi connectivity index (χ0v) is 19.5. The minimum Gasteiger partial charge on any atom is -0.456 e. The fourth-order valence-electron chi connectivity index (χ4n) is 4.26. The molecule has 0 saturated carbocycles. The number of aromatic nitrogens is 6. The maximum atomic E-state index is 13.1. The van der Waals surface area contributed by atoms with E-state index in [1.54, 1.807) is 42.9 Å². The Labute approximate surface area is 198 Å². The summed E-state index contributed by atoms with van der Waals surface area (Å²) in [6.07, 6.45) is 1.48. The highest BCUT2D eigenvalue weighted by Crippen LogP contribution is 2.31. The summed E-state index contributed by atoms with van der Waals surface area (Å²) in [6.45, 7) is 0.0842. The van der Waals surface area contributed by atoms with Crippen molar-refractivity contribution >= 4 is 43.0 Å². The Kier molecular flexibility index (Phi) is 4.62. The number of benzene rings is 3. The van der Waals surface area contributed by atoms with Crippen molar-refractivity contribution in [2.45, 2.75) is 11.4 Å². The summed E-state index contributed by atoms with van der Waals surface area (Å²) in [6, 6.07) is 15.7. The molecule has 0 aliphatic carbocycles. The fraction of sp³-hybridized carbons (Fsp3) is 0.130. The van der Waals surface area contributed by atoms with Gasteiger partial charge in [0.15, 0.2) is 0 Å². The molecule has 11 nitrogen and oxygen atoms in total. The molecule has 3 heterocycles. The lowest BCUT2D eigenvalue weighted by Gasteiger charge is -2.08. The number of tetrazole rings is 1. The monoisotopic (exact) mass is 489 g/mol. The second-order valence-electron chi connectivity index (χ2n) is 8.24. The van der Waals surface area contributed by atoms with Gasteiger partial charge >= 0.3 is 5.69 Å². The number of sulfonamides is 1. The summed E-state index contributed by atoms with van der Waals surface area (Å²) in [5, 5.41) is 12.6. The minimum absolute atomic E-state index is 0.0842. The molecule has 0 saturated heterocycles. The van der Waals surface area contributed by atoms with Gasteiger partial charge in [-0.1, -0.05) is 6.07 Å². The third-order valence-corrected chi connectivity index (χ3v) is 7.55. The van der Waals surface area contributed by atoms with Gasteiger partial charge in [0.2, 0.25) is 10.0 Å². The summed E-state index contributed by atoms with van der Waals surface area (Å²) in [5.74, 6) is 0. The fourth-order valence-corrected chi connectivity index (χ4v) is 5.30. The van der Waals surface area contributed by atoms with E-state index in [1.165, 1.54) is 21.6 Å². The Morgan fingerprint density at radius 2 is 1.74 bits per heavy atom. The van der Waals surface area contributed by atoms with Crippen molar-refractivity contribution in [2.24, 2.45) is 14.1 Å². The van der Waals surface area contributed by atoms with Crippen LogP contribution < -0.4 is 10.4 Å². The average molecular weight is 490 g/mol. The summed E-state index contributed by atoms with van der Waals surface area (Å²) < 4.78 is 39.3. The maximum absolute atomic E-state index is 13.1. The summed E-state index contributed by atoms with van der Waals surface area (Å²) in [5.41, 5.74) is 4.02. The third kappa shape index (κ3) is 3.42. The quantitative estimate of drug-likeness (QED) is 0.393. The van der Waals surface area contributed by atoms with E-state index in [-0.39, 0.29) is 17.1 Å². The van der Waals surface area contributed by atoms with Gasteiger partial charge in [0.25, 0.3) is 0 Å². The molecule has 0 unspecified atom stereocenters. The first-order valence-corrected chi connectivity index (χ1v) is 12.1. The molecule has 6 rings (SSSR count). The highest BCUT2D eigenvalue weighted by atomic mass is 32.2. The zero-order chi connectivity index (χ0) is 24.3. The molecular formula is C23H19N7O4S. The Bertz CT molecular complexity index is 1910. The van der Waals surface area contributed by atoms with Crippen molar-refractivity contribution in [2.75, 3.05) is 0 Å². The number of rotatable bonds is 5. The van der Waals surface area contributed by atoms with E-state index in [1.807, 2.05) is 24.3 Å². The molecule has 0 aliphatic heterocycles. The van der Waals surface area contributed by atoms with Crippen molar-refractivity contribution in [1.82, 2.24) is 34.1 Å². The molecule has 0 aliphatic rings. The van der Waals surface area contributed by atoms with Crippen LogP contribution in [0.15, 0.2) is 75.0 Å². The number of hydrogen-bond acceptors (Lipinski definition) is 7. The standard InChI is InChI=1S/C23H19N7O4S/c1-28-19-7-3-14(9-20(19)29(2)23(28)31)12-25-35(32,33)16-5-8-21-18(11-16)17-6-4-15(10-22(17)34-21)30-13-24-26-27-30/h3-11,13,25H,12H2,1-2H3. The molecule has 0 radical (unpaired) electrons. The number of nitrogens with zero attached hydrogens (tertiary/aromatic N) is 6. The van der Waals surface area contributed by atoms with Crippen molar-refractivity contribution in [3.63, 3.8) is 0 Å². The molecule has 35 heavy (non-hydrogen) atoms. The van der Waals surface area contributed by atoms with Crippen LogP contribution in [0.3, 0.4) is 0 Å². The summed E-state index contributed by atoms with van der Waals surface area (Å²) >= 11 is 0. The van der Waals surface area contributed by atoms with E-state index in [9.17, 15) is 13.2 Å². The topological polar surface area (TPSA) is 130 Å². The molecule has 3 aromatic carbocycles. The number of imidazole rings is 1.